The van der Waals surface area contributed by atoms with E-state index in [2.05, 4.69) is 40.7 Å². The number of carbonyl (C=O) groups excluding carboxylic acids is 1. The summed E-state index contributed by atoms with van der Waals surface area (Å²) in [5.74, 6) is 1.31. The zero-order chi connectivity index (χ0) is 32.1. The molecular weight excluding hydrogens is 614 g/mol. The molecule has 2 aliphatic heterocycles. The van der Waals surface area contributed by atoms with E-state index in [1.54, 1.807) is 17.0 Å². The van der Waals surface area contributed by atoms with E-state index >= 15 is 0 Å². The number of rotatable bonds is 6. The van der Waals surface area contributed by atoms with Gasteiger partial charge in [0.05, 0.1) is 6.10 Å². The van der Waals surface area contributed by atoms with Gasteiger partial charge in [0.1, 0.15) is 11.5 Å². The Hall–Kier alpha value is -3.23. The number of fused-ring (bicyclic) bond motifs is 1. The minimum absolute atomic E-state index is 0.280. The van der Waals surface area contributed by atoms with Crippen LogP contribution in [-0.2, 0) is 4.79 Å². The highest BCUT2D eigenvalue weighted by atomic mass is 35.5. The Bertz CT molecular complexity index is 1450. The number of hydrogen-bond acceptors (Lipinski definition) is 6. The van der Waals surface area contributed by atoms with Crippen molar-refractivity contribution in [2.45, 2.75) is 74.8 Å². The molecule has 3 aliphatic rings. The van der Waals surface area contributed by atoms with Crippen molar-refractivity contribution in [2.24, 2.45) is 5.73 Å². The predicted molar refractivity (Wildman–Crippen MR) is 192 cm³/mol. The van der Waals surface area contributed by atoms with E-state index in [0.717, 1.165) is 54.2 Å². The Kier molecular flexibility index (Phi) is 13.1. The highest BCUT2D eigenvalue weighted by Gasteiger charge is 2.17. The number of nitrogens with zero attached hydrogens (tertiary/aromatic N) is 2. The topological polar surface area (TPSA) is 79.0 Å². The van der Waals surface area contributed by atoms with Gasteiger partial charge in [0, 0.05) is 42.1 Å². The fourth-order valence-corrected chi connectivity index (χ4v) is 7.13. The predicted octanol–water partition coefficient (Wildman–Crippen LogP) is 8.93. The van der Waals surface area contributed by atoms with Crippen molar-refractivity contribution in [2.75, 3.05) is 26.2 Å². The summed E-state index contributed by atoms with van der Waals surface area (Å²) in [7, 11) is 0. The normalized spacial score (nSPS) is 17.5. The van der Waals surface area contributed by atoms with Crippen LogP contribution >= 0.6 is 23.5 Å². The second-order valence-electron chi connectivity index (χ2n) is 12.3. The minimum atomic E-state index is 0.280. The number of nitrogens with two attached hydrogens (primary N) is 1. The number of halogens is 1. The fraction of sp³-hybridized carbons (Fsp3) is 0.395. The number of benzene rings is 4. The molecule has 7 rings (SSSR count). The average Bonchev–Trinajstić information content (AvgIpc) is 3.60. The van der Waals surface area contributed by atoms with Crippen LogP contribution in [0.2, 0.25) is 5.02 Å². The Morgan fingerprint density at radius 3 is 2.00 bits per heavy atom. The van der Waals surface area contributed by atoms with Crippen LogP contribution in [-0.4, -0.2) is 59.0 Å². The van der Waals surface area contributed by atoms with Crippen molar-refractivity contribution < 1.29 is 14.6 Å². The molecule has 0 radical (unpaired) electrons. The average molecular weight is 660 g/mol. The highest BCUT2D eigenvalue weighted by molar-refractivity contribution is 7.97. The number of piperidine rings is 2. The first-order chi connectivity index (χ1) is 22.4. The van der Waals surface area contributed by atoms with Crippen LogP contribution in [0.5, 0.6) is 11.5 Å². The van der Waals surface area contributed by atoms with E-state index in [-0.39, 0.29) is 5.75 Å². The number of amides is 1. The molecule has 4 aromatic carbocycles. The van der Waals surface area contributed by atoms with Gasteiger partial charge in [-0.25, -0.2) is 4.31 Å². The van der Waals surface area contributed by atoms with Gasteiger partial charge in [-0.1, -0.05) is 54.4 Å². The third kappa shape index (κ3) is 10.7. The molecule has 2 heterocycles. The molecular formula is C38H46ClN3O3S. The van der Waals surface area contributed by atoms with Crippen molar-refractivity contribution in [3.05, 3.63) is 90.0 Å². The zero-order valence-electron chi connectivity index (χ0n) is 26.5. The molecule has 8 heteroatoms. The molecule has 2 saturated heterocycles. The van der Waals surface area contributed by atoms with Crippen LogP contribution in [0.3, 0.4) is 0 Å². The third-order valence-electron chi connectivity index (χ3n) is 8.71. The number of aromatic hydroxyl groups is 1. The Morgan fingerprint density at radius 1 is 0.739 bits per heavy atom. The summed E-state index contributed by atoms with van der Waals surface area (Å²) < 4.78 is 8.62. The Balaban J connectivity index is 0.000000154. The fourth-order valence-electron chi connectivity index (χ4n) is 5.96. The first-order valence-corrected chi connectivity index (χ1v) is 17.7. The maximum atomic E-state index is 10.2. The number of phenols is 1. The van der Waals surface area contributed by atoms with Crippen molar-refractivity contribution in [3.8, 4) is 22.6 Å². The van der Waals surface area contributed by atoms with Crippen LogP contribution in [0.25, 0.3) is 21.9 Å². The van der Waals surface area contributed by atoms with Gasteiger partial charge in [-0.2, -0.15) is 0 Å². The molecule has 0 unspecified atom stereocenters. The van der Waals surface area contributed by atoms with Gasteiger partial charge >= 0.3 is 0 Å². The molecule has 4 aromatic rings. The molecule has 0 atom stereocenters. The lowest BCUT2D eigenvalue weighted by Crippen LogP contribution is -2.38. The van der Waals surface area contributed by atoms with Crippen LogP contribution < -0.4 is 10.5 Å². The lowest BCUT2D eigenvalue weighted by Gasteiger charge is -2.26. The van der Waals surface area contributed by atoms with E-state index in [1.165, 1.54) is 73.7 Å². The van der Waals surface area contributed by atoms with E-state index in [4.69, 9.17) is 27.2 Å². The van der Waals surface area contributed by atoms with E-state index in [1.807, 2.05) is 48.3 Å². The second-order valence-corrected chi connectivity index (χ2v) is 13.9. The molecule has 1 amide bonds. The Labute approximate surface area is 283 Å². The number of likely N-dealkylation sites (tertiary alicyclic amines) is 1. The highest BCUT2D eigenvalue weighted by Crippen LogP contribution is 2.31. The summed E-state index contributed by atoms with van der Waals surface area (Å²) in [4.78, 5) is 13.3. The summed E-state index contributed by atoms with van der Waals surface area (Å²) in [6, 6.07) is 28.4. The van der Waals surface area contributed by atoms with Crippen molar-refractivity contribution in [1.82, 2.24) is 9.21 Å². The quantitative estimate of drug-likeness (QED) is 0.159. The van der Waals surface area contributed by atoms with E-state index in [9.17, 15) is 4.79 Å². The van der Waals surface area contributed by atoms with Gasteiger partial charge in [-0.05, 0) is 134 Å². The van der Waals surface area contributed by atoms with Gasteiger partial charge in [0.15, 0.2) is 0 Å². The summed E-state index contributed by atoms with van der Waals surface area (Å²) in [5, 5.41) is 12.4. The molecule has 1 aliphatic carbocycles. The van der Waals surface area contributed by atoms with Crippen LogP contribution in [0.4, 0.5) is 0 Å². The molecule has 1 saturated carbocycles. The van der Waals surface area contributed by atoms with Crippen molar-refractivity contribution in [3.63, 3.8) is 0 Å². The van der Waals surface area contributed by atoms with Gasteiger partial charge < -0.3 is 20.5 Å². The van der Waals surface area contributed by atoms with Gasteiger partial charge in [-0.3, -0.25) is 4.79 Å². The monoisotopic (exact) mass is 659 g/mol. The summed E-state index contributed by atoms with van der Waals surface area (Å²) in [6.07, 6.45) is 12.4. The van der Waals surface area contributed by atoms with E-state index in [0.29, 0.717) is 12.1 Å². The Morgan fingerprint density at radius 2 is 1.35 bits per heavy atom. The van der Waals surface area contributed by atoms with Crippen molar-refractivity contribution in [1.29, 1.82) is 0 Å². The molecule has 0 aromatic heterocycles. The lowest BCUT2D eigenvalue weighted by atomic mass is 10.1. The molecule has 0 spiro atoms. The summed E-state index contributed by atoms with van der Waals surface area (Å²) in [6.45, 7) is 4.11. The summed E-state index contributed by atoms with van der Waals surface area (Å²) in [5.41, 5.74) is 7.77. The van der Waals surface area contributed by atoms with Crippen LogP contribution in [0.1, 0.15) is 57.8 Å². The van der Waals surface area contributed by atoms with Gasteiger partial charge in [-0.15, -0.1) is 0 Å². The van der Waals surface area contributed by atoms with Crippen LogP contribution in [0.15, 0.2) is 89.8 Å². The maximum absolute atomic E-state index is 10.2. The molecule has 3 N–H and O–H groups in total. The van der Waals surface area contributed by atoms with Gasteiger partial charge in [0.25, 0.3) is 0 Å². The molecule has 3 fully saturated rings. The minimum Gasteiger partial charge on any atom is -0.508 e. The molecule has 46 heavy (non-hydrogen) atoms. The lowest BCUT2D eigenvalue weighted by molar-refractivity contribution is -0.119. The second kappa shape index (κ2) is 17.6. The standard InChI is InChI=1S/C20H25NOS.C12H9ClO.C6H12N2O/c1-4-12-21(13-5-1)23-20-11-9-16-14-19(10-8-17(16)15-20)22-18-6-2-3-7-18;13-11-5-1-9(2-6-11)10-3-7-12(14)8-4-10;7-6-1-3-8(5-9)4-2-6/h8-11,14-15,18H,1-7,12-13H2;1-8,14H;5-6H,1-4,7H2. The smallest absolute Gasteiger partial charge is 0.209 e. The maximum Gasteiger partial charge on any atom is 0.209 e. The number of hydrogen-bond donors (Lipinski definition) is 2. The molecule has 244 valence electrons. The first-order valence-electron chi connectivity index (χ1n) is 16.6. The SMILES string of the molecule is NC1CCN(C=O)CC1.Oc1ccc(-c2ccc(Cl)cc2)cc1.c1cc2cc(SN3CCCCC3)ccc2cc1OC1CCCC1. The number of carbonyl (C=O) groups is 1. The summed E-state index contributed by atoms with van der Waals surface area (Å²) >= 11 is 7.70. The number of ether oxygens (including phenoxy) is 1. The van der Waals surface area contributed by atoms with Gasteiger partial charge in [0.2, 0.25) is 6.41 Å². The van der Waals surface area contributed by atoms with Crippen LogP contribution in [0, 0.1) is 0 Å². The molecule has 0 bridgehead atoms. The zero-order valence-corrected chi connectivity index (χ0v) is 28.1. The third-order valence-corrected chi connectivity index (χ3v) is 10.0. The first kappa shape index (κ1) is 34.1. The van der Waals surface area contributed by atoms with Crippen molar-refractivity contribution >= 4 is 40.7 Å². The van der Waals surface area contributed by atoms with E-state index < -0.39 is 0 Å². The largest absolute Gasteiger partial charge is 0.508 e. The molecule has 6 nitrogen and oxygen atoms in total. The number of phenolic OH excluding ortho intramolecular Hbond substituents is 1.